The average Bonchev–Trinajstić information content (AvgIpc) is 3.11. The van der Waals surface area contributed by atoms with E-state index in [-0.39, 0.29) is 5.97 Å². The molecule has 0 aliphatic rings. The minimum Gasteiger partial charge on any atom is -0.466 e. The number of ether oxygens (including phenoxy) is 1. The fourth-order valence-electron chi connectivity index (χ4n) is 7.19. The molecule has 0 spiro atoms. The number of hydrogen-bond acceptors (Lipinski definition) is 2. The molecule has 2 heteroatoms. The van der Waals surface area contributed by atoms with Crippen molar-refractivity contribution in [1.29, 1.82) is 0 Å². The van der Waals surface area contributed by atoms with E-state index in [4.69, 9.17) is 4.74 Å². The van der Waals surface area contributed by atoms with Gasteiger partial charge in [0.25, 0.3) is 0 Å². The van der Waals surface area contributed by atoms with Crippen molar-refractivity contribution in [3.63, 3.8) is 0 Å². The molecule has 0 aliphatic carbocycles. The number of unbranched alkanes of at least 4 members (excludes halogenated alkanes) is 37. The van der Waals surface area contributed by atoms with Gasteiger partial charge in [-0.15, -0.1) is 0 Å². The van der Waals surface area contributed by atoms with Gasteiger partial charge >= 0.3 is 5.97 Å². The van der Waals surface area contributed by atoms with Crippen LogP contribution in [0, 0.1) is 0 Å². The van der Waals surface area contributed by atoms with Crippen molar-refractivity contribution in [2.24, 2.45) is 0 Å². The molecule has 0 saturated heterocycles. The Hall–Kier alpha value is -0.790. The molecule has 0 fully saturated rings. The lowest BCUT2D eigenvalue weighted by Crippen LogP contribution is -2.05. The zero-order valence-corrected chi connectivity index (χ0v) is 34.2. The molecule has 0 aliphatic heterocycles. The van der Waals surface area contributed by atoms with Crippen LogP contribution in [-0.2, 0) is 9.53 Å². The van der Waals surface area contributed by atoms with E-state index < -0.39 is 0 Å². The zero-order valence-electron chi connectivity index (χ0n) is 34.2. The normalized spacial score (nSPS) is 11.6. The predicted molar refractivity (Wildman–Crippen MR) is 221 cm³/mol. The van der Waals surface area contributed by atoms with Crippen LogP contribution in [0.3, 0.4) is 0 Å². The maximum atomic E-state index is 12.0. The van der Waals surface area contributed by atoms with Crippen LogP contribution >= 0.6 is 0 Å². The molecular formula is C47H92O2. The number of esters is 1. The Bertz CT molecular complexity index is 626. The van der Waals surface area contributed by atoms with Crippen molar-refractivity contribution in [2.45, 2.75) is 277 Å². The molecule has 0 amide bonds. The molecule has 0 aromatic rings. The van der Waals surface area contributed by atoms with Gasteiger partial charge in [-0.25, -0.2) is 0 Å². The van der Waals surface area contributed by atoms with Gasteiger partial charge in [0.15, 0.2) is 0 Å². The maximum absolute atomic E-state index is 12.0. The molecule has 0 bridgehead atoms. The molecule has 0 radical (unpaired) electrons. The summed E-state index contributed by atoms with van der Waals surface area (Å²) in [6, 6.07) is 0. The van der Waals surface area contributed by atoms with E-state index in [9.17, 15) is 4.79 Å². The number of rotatable bonds is 43. The second-order valence-electron chi connectivity index (χ2n) is 15.7. The average molecular weight is 689 g/mol. The quantitative estimate of drug-likeness (QED) is 0.0362. The standard InChI is InChI=1S/C47H92O2/c1-3-5-7-9-11-13-15-17-19-21-23-24-25-26-28-30-32-34-36-38-40-42-44-46-49-47(48)45-43-41-39-37-35-33-31-29-27-22-20-18-16-14-12-10-8-6-4-2/h18,20H,3-17,19,21-46H2,1-2H3. The van der Waals surface area contributed by atoms with Crippen molar-refractivity contribution in [2.75, 3.05) is 6.61 Å². The van der Waals surface area contributed by atoms with Gasteiger partial charge in [0, 0.05) is 6.42 Å². The molecule has 0 atom stereocenters. The highest BCUT2D eigenvalue weighted by Gasteiger charge is 2.03. The Morgan fingerprint density at radius 1 is 0.327 bits per heavy atom. The van der Waals surface area contributed by atoms with Gasteiger partial charge in [-0.2, -0.15) is 0 Å². The molecule has 0 saturated carbocycles. The van der Waals surface area contributed by atoms with Gasteiger partial charge < -0.3 is 4.74 Å². The van der Waals surface area contributed by atoms with E-state index in [0.717, 1.165) is 12.8 Å². The Balaban J connectivity index is 3.16. The topological polar surface area (TPSA) is 26.3 Å². The minimum atomic E-state index is 0.0276. The lowest BCUT2D eigenvalue weighted by molar-refractivity contribution is -0.143. The summed E-state index contributed by atoms with van der Waals surface area (Å²) in [5, 5.41) is 0. The molecule has 0 aromatic heterocycles. The first-order chi connectivity index (χ1) is 24.3. The highest BCUT2D eigenvalue weighted by Crippen LogP contribution is 2.16. The third kappa shape index (κ3) is 45.2. The summed E-state index contributed by atoms with van der Waals surface area (Å²) in [7, 11) is 0. The van der Waals surface area contributed by atoms with Crippen molar-refractivity contribution in [1.82, 2.24) is 0 Å². The predicted octanol–water partition coefficient (Wildman–Crippen LogP) is 17.1. The Morgan fingerprint density at radius 2 is 0.571 bits per heavy atom. The summed E-state index contributed by atoms with van der Waals surface area (Å²) >= 11 is 0. The van der Waals surface area contributed by atoms with Crippen LogP contribution in [0.4, 0.5) is 0 Å². The smallest absolute Gasteiger partial charge is 0.305 e. The summed E-state index contributed by atoms with van der Waals surface area (Å²) in [6.07, 6.45) is 60.4. The molecule has 0 unspecified atom stereocenters. The minimum absolute atomic E-state index is 0.0276. The van der Waals surface area contributed by atoms with Crippen molar-refractivity contribution in [3.05, 3.63) is 12.2 Å². The molecule has 49 heavy (non-hydrogen) atoms. The summed E-state index contributed by atoms with van der Waals surface area (Å²) in [5.41, 5.74) is 0. The molecule has 0 N–H and O–H groups in total. The van der Waals surface area contributed by atoms with Crippen molar-refractivity contribution < 1.29 is 9.53 Å². The molecule has 292 valence electrons. The molecule has 2 nitrogen and oxygen atoms in total. The van der Waals surface area contributed by atoms with Crippen LogP contribution in [-0.4, -0.2) is 12.6 Å². The van der Waals surface area contributed by atoms with E-state index in [1.807, 2.05) is 0 Å². The largest absolute Gasteiger partial charge is 0.466 e. The lowest BCUT2D eigenvalue weighted by atomic mass is 10.0. The second-order valence-corrected chi connectivity index (χ2v) is 15.7. The first-order valence-corrected chi connectivity index (χ1v) is 23.1. The van der Waals surface area contributed by atoms with Crippen LogP contribution in [0.5, 0.6) is 0 Å². The third-order valence-corrected chi connectivity index (χ3v) is 10.7. The summed E-state index contributed by atoms with van der Waals surface area (Å²) in [6.45, 7) is 5.22. The van der Waals surface area contributed by atoms with Gasteiger partial charge in [0.2, 0.25) is 0 Å². The van der Waals surface area contributed by atoms with Crippen LogP contribution in [0.15, 0.2) is 12.2 Å². The Labute approximate surface area is 310 Å². The number of allylic oxidation sites excluding steroid dienone is 2. The zero-order chi connectivity index (χ0) is 35.4. The van der Waals surface area contributed by atoms with Gasteiger partial charge in [-0.05, 0) is 38.5 Å². The number of carbonyl (C=O) groups is 1. The third-order valence-electron chi connectivity index (χ3n) is 10.7. The van der Waals surface area contributed by atoms with Crippen molar-refractivity contribution in [3.8, 4) is 0 Å². The number of carbonyl (C=O) groups excluding carboxylic acids is 1. The van der Waals surface area contributed by atoms with Crippen LogP contribution in [0.25, 0.3) is 0 Å². The second kappa shape index (κ2) is 45.2. The molecular weight excluding hydrogens is 597 g/mol. The van der Waals surface area contributed by atoms with E-state index in [2.05, 4.69) is 26.0 Å². The monoisotopic (exact) mass is 689 g/mol. The maximum Gasteiger partial charge on any atom is 0.305 e. The molecule has 0 aromatic carbocycles. The van der Waals surface area contributed by atoms with E-state index in [1.165, 1.54) is 244 Å². The SMILES string of the molecule is CCCCCCCCC=CCCCCCCCCCCCC(=O)OCCCCCCCCCCCCCCCCCCCCCCCCC. The van der Waals surface area contributed by atoms with Gasteiger partial charge in [-0.3, -0.25) is 4.79 Å². The fourth-order valence-corrected chi connectivity index (χ4v) is 7.19. The Kier molecular flexibility index (Phi) is 44.5. The molecule has 0 heterocycles. The van der Waals surface area contributed by atoms with E-state index >= 15 is 0 Å². The van der Waals surface area contributed by atoms with E-state index in [1.54, 1.807) is 0 Å². The lowest BCUT2D eigenvalue weighted by Gasteiger charge is -2.06. The first-order valence-electron chi connectivity index (χ1n) is 23.1. The fraction of sp³-hybridized carbons (Fsp3) is 0.936. The highest BCUT2D eigenvalue weighted by atomic mass is 16.5. The van der Waals surface area contributed by atoms with Crippen molar-refractivity contribution >= 4 is 5.97 Å². The first kappa shape index (κ1) is 48.2. The summed E-state index contributed by atoms with van der Waals surface area (Å²) in [4.78, 5) is 12.0. The number of hydrogen-bond donors (Lipinski definition) is 0. The summed E-state index contributed by atoms with van der Waals surface area (Å²) in [5.74, 6) is 0.0276. The molecule has 0 rings (SSSR count). The van der Waals surface area contributed by atoms with Gasteiger partial charge in [-0.1, -0.05) is 244 Å². The highest BCUT2D eigenvalue weighted by molar-refractivity contribution is 5.69. The van der Waals surface area contributed by atoms with Crippen LogP contribution in [0.1, 0.15) is 277 Å². The van der Waals surface area contributed by atoms with Crippen LogP contribution in [0.2, 0.25) is 0 Å². The van der Waals surface area contributed by atoms with Crippen LogP contribution < -0.4 is 0 Å². The summed E-state index contributed by atoms with van der Waals surface area (Å²) < 4.78 is 5.48. The van der Waals surface area contributed by atoms with Gasteiger partial charge in [0.1, 0.15) is 0 Å². The Morgan fingerprint density at radius 3 is 0.878 bits per heavy atom. The van der Waals surface area contributed by atoms with Gasteiger partial charge in [0.05, 0.1) is 6.61 Å². The van der Waals surface area contributed by atoms with E-state index in [0.29, 0.717) is 13.0 Å².